The first-order valence-corrected chi connectivity index (χ1v) is 8.19. The smallest absolute Gasteiger partial charge is 0.328 e. The number of benzene rings is 2. The second kappa shape index (κ2) is 7.02. The lowest BCUT2D eigenvalue weighted by molar-refractivity contribution is -0.130. The maximum atomic E-state index is 13.1. The summed E-state index contributed by atoms with van der Waals surface area (Å²) >= 11 is 3.30. The third-order valence-corrected chi connectivity index (χ3v) is 4.22. The van der Waals surface area contributed by atoms with E-state index in [1.165, 1.54) is 12.1 Å². The van der Waals surface area contributed by atoms with Crippen molar-refractivity contribution in [3.8, 4) is 0 Å². The van der Waals surface area contributed by atoms with Crippen LogP contribution in [0.1, 0.15) is 0 Å². The number of hydrogen-bond acceptors (Lipinski definition) is 3. The Hall–Kier alpha value is -2.74. The van der Waals surface area contributed by atoms with Crippen molar-refractivity contribution in [1.82, 2.24) is 5.32 Å². The molecule has 2 aromatic rings. The van der Waals surface area contributed by atoms with E-state index in [1.807, 2.05) is 0 Å². The van der Waals surface area contributed by atoms with Crippen LogP contribution >= 0.6 is 15.9 Å². The Kier molecular flexibility index (Phi) is 4.80. The minimum atomic E-state index is -1.08. The molecule has 0 aliphatic carbocycles. The van der Waals surface area contributed by atoms with Gasteiger partial charge in [0.1, 0.15) is 11.7 Å². The van der Waals surface area contributed by atoms with Crippen molar-refractivity contribution in [3.05, 3.63) is 58.8 Å². The maximum Gasteiger partial charge on any atom is 0.328 e. The second-order valence-electron chi connectivity index (χ2n) is 5.38. The van der Waals surface area contributed by atoms with Crippen LogP contribution in [0.2, 0.25) is 0 Å². The minimum absolute atomic E-state index is 0.0995. The molecule has 4 amide bonds. The van der Waals surface area contributed by atoms with Crippen molar-refractivity contribution in [2.75, 3.05) is 16.8 Å². The Balaban J connectivity index is 1.79. The molecule has 1 unspecified atom stereocenters. The molecule has 1 aliphatic heterocycles. The zero-order valence-corrected chi connectivity index (χ0v) is 14.4. The SMILES string of the molecule is O=C(Nc1ccc(Br)cc1)C1CNC(=O)N(c2ccc(F)cc2)C1=O. The highest BCUT2D eigenvalue weighted by Gasteiger charge is 2.39. The van der Waals surface area contributed by atoms with E-state index in [-0.39, 0.29) is 12.2 Å². The number of carbonyl (C=O) groups excluding carboxylic acids is 3. The summed E-state index contributed by atoms with van der Waals surface area (Å²) in [5.41, 5.74) is 0.733. The van der Waals surface area contributed by atoms with Crippen LogP contribution in [0.25, 0.3) is 0 Å². The topological polar surface area (TPSA) is 78.5 Å². The quantitative estimate of drug-likeness (QED) is 0.770. The fraction of sp³-hybridized carbons (Fsp3) is 0.118. The van der Waals surface area contributed by atoms with E-state index >= 15 is 0 Å². The predicted molar refractivity (Wildman–Crippen MR) is 93.5 cm³/mol. The zero-order valence-electron chi connectivity index (χ0n) is 12.8. The van der Waals surface area contributed by atoms with E-state index in [2.05, 4.69) is 26.6 Å². The van der Waals surface area contributed by atoms with Crippen LogP contribution in [0.3, 0.4) is 0 Å². The number of nitrogens with one attached hydrogen (secondary N) is 2. The highest BCUT2D eigenvalue weighted by molar-refractivity contribution is 9.10. The summed E-state index contributed by atoms with van der Waals surface area (Å²) in [5, 5.41) is 5.15. The molecule has 2 aromatic carbocycles. The fourth-order valence-electron chi connectivity index (χ4n) is 2.41. The third-order valence-electron chi connectivity index (χ3n) is 3.69. The number of urea groups is 1. The number of imide groups is 1. The molecule has 1 aliphatic rings. The van der Waals surface area contributed by atoms with Gasteiger partial charge in [0.2, 0.25) is 11.8 Å². The van der Waals surface area contributed by atoms with Gasteiger partial charge in [0, 0.05) is 16.7 Å². The van der Waals surface area contributed by atoms with Gasteiger partial charge in [-0.3, -0.25) is 9.59 Å². The van der Waals surface area contributed by atoms with Gasteiger partial charge >= 0.3 is 6.03 Å². The first-order valence-electron chi connectivity index (χ1n) is 7.39. The molecule has 0 saturated carbocycles. The Morgan fingerprint density at radius 1 is 1.12 bits per heavy atom. The van der Waals surface area contributed by atoms with E-state index in [9.17, 15) is 18.8 Å². The molecule has 2 N–H and O–H groups in total. The van der Waals surface area contributed by atoms with Crippen LogP contribution in [-0.4, -0.2) is 24.4 Å². The average Bonchev–Trinajstić information content (AvgIpc) is 2.58. The third kappa shape index (κ3) is 3.69. The lowest BCUT2D eigenvalue weighted by Gasteiger charge is -2.30. The number of carbonyl (C=O) groups is 3. The Morgan fingerprint density at radius 3 is 2.40 bits per heavy atom. The molecule has 1 saturated heterocycles. The number of amides is 4. The first-order chi connectivity index (χ1) is 12.0. The number of anilines is 2. The van der Waals surface area contributed by atoms with Gasteiger partial charge in [-0.2, -0.15) is 0 Å². The number of rotatable bonds is 3. The summed E-state index contributed by atoms with van der Waals surface area (Å²) in [7, 11) is 0. The van der Waals surface area contributed by atoms with Crippen LogP contribution in [0, 0.1) is 11.7 Å². The largest absolute Gasteiger partial charge is 0.336 e. The normalized spacial score (nSPS) is 17.2. The molecule has 0 aromatic heterocycles. The van der Waals surface area contributed by atoms with Crippen LogP contribution in [0.15, 0.2) is 53.0 Å². The molecule has 8 heteroatoms. The highest BCUT2D eigenvalue weighted by atomic mass is 79.9. The van der Waals surface area contributed by atoms with Crippen molar-refractivity contribution in [2.24, 2.45) is 5.92 Å². The molecule has 128 valence electrons. The van der Waals surface area contributed by atoms with Crippen LogP contribution < -0.4 is 15.5 Å². The molecule has 0 radical (unpaired) electrons. The highest BCUT2D eigenvalue weighted by Crippen LogP contribution is 2.22. The van der Waals surface area contributed by atoms with E-state index in [0.29, 0.717) is 5.69 Å². The van der Waals surface area contributed by atoms with E-state index < -0.39 is 29.6 Å². The van der Waals surface area contributed by atoms with Gasteiger partial charge in [-0.25, -0.2) is 14.1 Å². The van der Waals surface area contributed by atoms with E-state index in [4.69, 9.17) is 0 Å². The van der Waals surface area contributed by atoms with Crippen LogP contribution in [-0.2, 0) is 9.59 Å². The number of halogens is 2. The van der Waals surface area contributed by atoms with Crippen molar-refractivity contribution >= 4 is 45.2 Å². The molecule has 25 heavy (non-hydrogen) atoms. The summed E-state index contributed by atoms with van der Waals surface area (Å²) < 4.78 is 13.9. The van der Waals surface area contributed by atoms with Gasteiger partial charge in [0.15, 0.2) is 0 Å². The first kappa shape index (κ1) is 17.1. The molecule has 1 fully saturated rings. The Labute approximate surface area is 151 Å². The molecule has 0 spiro atoms. The fourth-order valence-corrected chi connectivity index (χ4v) is 2.68. The molecule has 0 bridgehead atoms. The summed E-state index contributed by atoms with van der Waals surface area (Å²) in [6.45, 7) is -0.0995. The lowest BCUT2D eigenvalue weighted by Crippen LogP contribution is -2.58. The number of nitrogens with zero attached hydrogens (tertiary/aromatic N) is 1. The summed E-state index contributed by atoms with van der Waals surface area (Å²) in [6.07, 6.45) is 0. The van der Waals surface area contributed by atoms with Gasteiger partial charge in [-0.1, -0.05) is 15.9 Å². The minimum Gasteiger partial charge on any atom is -0.336 e. The predicted octanol–water partition coefficient (Wildman–Crippen LogP) is 2.90. The van der Waals surface area contributed by atoms with Gasteiger partial charge in [0.05, 0.1) is 5.69 Å². The summed E-state index contributed by atoms with van der Waals surface area (Å²) in [4.78, 5) is 37.9. The lowest BCUT2D eigenvalue weighted by atomic mass is 10.0. The monoisotopic (exact) mass is 405 g/mol. The summed E-state index contributed by atoms with van der Waals surface area (Å²) in [5.74, 6) is -2.76. The molecule has 1 heterocycles. The molecular formula is C17H13BrFN3O3. The van der Waals surface area contributed by atoms with Crippen molar-refractivity contribution < 1.29 is 18.8 Å². The molecule has 1 atom stereocenters. The van der Waals surface area contributed by atoms with E-state index in [0.717, 1.165) is 21.5 Å². The second-order valence-corrected chi connectivity index (χ2v) is 6.30. The molecule has 3 rings (SSSR count). The van der Waals surface area contributed by atoms with Crippen LogP contribution in [0.4, 0.5) is 20.6 Å². The van der Waals surface area contributed by atoms with Gasteiger partial charge in [-0.05, 0) is 48.5 Å². The molecular weight excluding hydrogens is 393 g/mol. The van der Waals surface area contributed by atoms with E-state index in [1.54, 1.807) is 24.3 Å². The molecule has 6 nitrogen and oxygen atoms in total. The van der Waals surface area contributed by atoms with Crippen LogP contribution in [0.5, 0.6) is 0 Å². The van der Waals surface area contributed by atoms with Crippen molar-refractivity contribution in [3.63, 3.8) is 0 Å². The van der Waals surface area contributed by atoms with Gasteiger partial charge in [0.25, 0.3) is 0 Å². The van der Waals surface area contributed by atoms with Gasteiger partial charge in [-0.15, -0.1) is 0 Å². The van der Waals surface area contributed by atoms with Crippen molar-refractivity contribution in [1.29, 1.82) is 0 Å². The zero-order chi connectivity index (χ0) is 18.0. The van der Waals surface area contributed by atoms with Crippen molar-refractivity contribution in [2.45, 2.75) is 0 Å². The Morgan fingerprint density at radius 2 is 1.76 bits per heavy atom. The maximum absolute atomic E-state index is 13.1. The van der Waals surface area contributed by atoms with Gasteiger partial charge < -0.3 is 10.6 Å². The summed E-state index contributed by atoms with van der Waals surface area (Å²) in [6, 6.07) is 11.1. The average molecular weight is 406 g/mol. The standard InChI is InChI=1S/C17H13BrFN3O3/c18-10-1-5-12(6-2-10)21-15(23)14-9-20-17(25)22(16(14)24)13-7-3-11(19)4-8-13/h1-8,14H,9H2,(H,20,25)(H,21,23). The number of hydrogen-bond donors (Lipinski definition) is 2. The Bertz CT molecular complexity index is 824.